The molecule has 0 saturated carbocycles. The number of nitrogen functional groups attached to an aromatic ring is 1. The van der Waals surface area contributed by atoms with Crippen molar-refractivity contribution in [3.8, 4) is 5.75 Å². The van der Waals surface area contributed by atoms with Crippen molar-refractivity contribution in [2.45, 2.75) is 13.3 Å². The second-order valence-electron chi connectivity index (χ2n) is 4.68. The average Bonchev–Trinajstić information content (AvgIpc) is 2.41. The number of hydrogen-bond donors (Lipinski definition) is 2. The van der Waals surface area contributed by atoms with E-state index in [1.807, 2.05) is 25.1 Å². The molecule has 0 fully saturated rings. The second-order valence-corrected chi connectivity index (χ2v) is 5.60. The molecule has 0 bridgehead atoms. The quantitative estimate of drug-likeness (QED) is 0.808. The molecule has 0 saturated heterocycles. The van der Waals surface area contributed by atoms with Crippen molar-refractivity contribution in [2.24, 2.45) is 0 Å². The van der Waals surface area contributed by atoms with E-state index in [1.54, 1.807) is 24.3 Å². The lowest BCUT2D eigenvalue weighted by Gasteiger charge is -2.10. The van der Waals surface area contributed by atoms with Crippen LogP contribution in [0.5, 0.6) is 5.75 Å². The highest BCUT2D eigenvalue weighted by Gasteiger charge is 2.05. The maximum Gasteiger partial charge on any atom is 0.227 e. The molecule has 0 aliphatic carbocycles. The van der Waals surface area contributed by atoms with Crippen molar-refractivity contribution in [1.29, 1.82) is 0 Å². The van der Waals surface area contributed by atoms with Gasteiger partial charge in [0.05, 0.1) is 13.0 Å². The molecule has 2 rings (SSSR count). The molecule has 1 amide bonds. The van der Waals surface area contributed by atoms with Gasteiger partial charge < -0.3 is 15.8 Å². The van der Waals surface area contributed by atoms with Crippen molar-refractivity contribution in [1.82, 2.24) is 0 Å². The van der Waals surface area contributed by atoms with Gasteiger partial charge in [0.1, 0.15) is 5.75 Å². The predicted molar refractivity (Wildman–Crippen MR) is 88.5 cm³/mol. The number of amides is 1. The summed E-state index contributed by atoms with van der Waals surface area (Å²) in [4.78, 5) is 11.8. The molecule has 110 valence electrons. The largest absolute Gasteiger partial charge is 0.493 e. The summed E-state index contributed by atoms with van der Waals surface area (Å²) >= 11 is 3.40. The number of carbonyl (C=O) groups excluding carboxylic acids is 1. The normalized spacial score (nSPS) is 10.2. The molecule has 0 heterocycles. The number of ether oxygens (including phenoxy) is 1. The first-order valence-electron chi connectivity index (χ1n) is 6.59. The summed E-state index contributed by atoms with van der Waals surface area (Å²) in [6.07, 6.45) is 0.282. The van der Waals surface area contributed by atoms with Gasteiger partial charge in [-0.2, -0.15) is 0 Å². The summed E-state index contributed by atoms with van der Waals surface area (Å²) in [7, 11) is 0. The Morgan fingerprint density at radius 2 is 2.10 bits per heavy atom. The number of anilines is 2. The van der Waals surface area contributed by atoms with Crippen LogP contribution < -0.4 is 15.8 Å². The number of halogens is 1. The summed E-state index contributed by atoms with van der Waals surface area (Å²) in [5.41, 5.74) is 8.00. The van der Waals surface area contributed by atoms with Gasteiger partial charge in [-0.15, -0.1) is 0 Å². The van der Waals surface area contributed by atoms with Crippen LogP contribution in [-0.2, 0) is 4.79 Å². The average molecular weight is 349 g/mol. The maximum absolute atomic E-state index is 11.8. The first-order chi connectivity index (χ1) is 10.0. The summed E-state index contributed by atoms with van der Waals surface area (Å²) in [5, 5.41) is 2.79. The molecule has 0 atom stereocenters. The topological polar surface area (TPSA) is 64.3 Å². The standard InChI is InChI=1S/C16H17BrN2O2/c1-11-9-12(17)5-6-15(11)21-8-7-16(20)19-14-4-2-3-13(18)10-14/h2-6,9-10H,7-8,18H2,1H3,(H,19,20). The Labute approximate surface area is 132 Å². The lowest BCUT2D eigenvalue weighted by atomic mass is 10.2. The van der Waals surface area contributed by atoms with E-state index in [2.05, 4.69) is 21.2 Å². The summed E-state index contributed by atoms with van der Waals surface area (Å²) < 4.78 is 6.62. The van der Waals surface area contributed by atoms with Gasteiger partial charge in [-0.1, -0.05) is 22.0 Å². The van der Waals surface area contributed by atoms with Crippen molar-refractivity contribution < 1.29 is 9.53 Å². The van der Waals surface area contributed by atoms with Crippen LogP contribution in [0.2, 0.25) is 0 Å². The third-order valence-corrected chi connectivity index (χ3v) is 3.39. The lowest BCUT2D eigenvalue weighted by Crippen LogP contribution is -2.15. The molecule has 5 heteroatoms. The van der Waals surface area contributed by atoms with Gasteiger partial charge in [-0.05, 0) is 48.9 Å². The summed E-state index contributed by atoms with van der Waals surface area (Å²) in [6, 6.07) is 12.9. The monoisotopic (exact) mass is 348 g/mol. The van der Waals surface area contributed by atoms with Gasteiger partial charge in [0, 0.05) is 15.8 Å². The fourth-order valence-electron chi connectivity index (χ4n) is 1.87. The molecule has 0 spiro atoms. The molecule has 4 nitrogen and oxygen atoms in total. The van der Waals surface area contributed by atoms with Gasteiger partial charge in [-0.25, -0.2) is 0 Å². The first-order valence-corrected chi connectivity index (χ1v) is 7.38. The minimum absolute atomic E-state index is 0.102. The molecule has 0 radical (unpaired) electrons. The number of rotatable bonds is 5. The molecule has 0 aromatic heterocycles. The molecular formula is C16H17BrN2O2. The number of hydrogen-bond acceptors (Lipinski definition) is 3. The number of nitrogens with two attached hydrogens (primary N) is 1. The Bertz CT molecular complexity index is 644. The van der Waals surface area contributed by atoms with Gasteiger partial charge >= 0.3 is 0 Å². The number of benzene rings is 2. The van der Waals surface area contributed by atoms with Crippen molar-refractivity contribution in [3.05, 3.63) is 52.5 Å². The fraction of sp³-hybridized carbons (Fsp3) is 0.188. The highest BCUT2D eigenvalue weighted by Crippen LogP contribution is 2.22. The summed E-state index contributed by atoms with van der Waals surface area (Å²) in [6.45, 7) is 2.30. The van der Waals surface area contributed by atoms with E-state index in [-0.39, 0.29) is 12.3 Å². The SMILES string of the molecule is Cc1cc(Br)ccc1OCCC(=O)Nc1cccc(N)c1. The van der Waals surface area contributed by atoms with Crippen LogP contribution in [0.1, 0.15) is 12.0 Å². The Morgan fingerprint density at radius 3 is 2.81 bits per heavy atom. The molecule has 21 heavy (non-hydrogen) atoms. The van der Waals surface area contributed by atoms with Gasteiger partial charge in [0.25, 0.3) is 0 Å². The first kappa shape index (κ1) is 15.4. The summed E-state index contributed by atoms with van der Waals surface area (Å²) in [5.74, 6) is 0.685. The lowest BCUT2D eigenvalue weighted by molar-refractivity contribution is -0.116. The Balaban J connectivity index is 1.81. The van der Waals surface area contributed by atoms with Crippen LogP contribution in [0.25, 0.3) is 0 Å². The third kappa shape index (κ3) is 4.79. The molecule has 0 aliphatic rings. The van der Waals surface area contributed by atoms with Gasteiger partial charge in [0.2, 0.25) is 5.91 Å². The van der Waals surface area contributed by atoms with Crippen molar-refractivity contribution in [2.75, 3.05) is 17.7 Å². The maximum atomic E-state index is 11.8. The zero-order chi connectivity index (χ0) is 15.2. The Morgan fingerprint density at radius 1 is 1.29 bits per heavy atom. The van der Waals surface area contributed by atoms with E-state index in [9.17, 15) is 4.79 Å². The number of nitrogens with one attached hydrogen (secondary N) is 1. The highest BCUT2D eigenvalue weighted by molar-refractivity contribution is 9.10. The number of carbonyl (C=O) groups is 1. The Kier molecular flexibility index (Phi) is 5.22. The van der Waals surface area contributed by atoms with Gasteiger partial charge in [0.15, 0.2) is 0 Å². The van der Waals surface area contributed by atoms with Crippen LogP contribution >= 0.6 is 15.9 Å². The molecule has 3 N–H and O–H groups in total. The zero-order valence-corrected chi connectivity index (χ0v) is 13.3. The molecule has 2 aromatic carbocycles. The molecular weight excluding hydrogens is 332 g/mol. The second kappa shape index (κ2) is 7.13. The van der Waals surface area contributed by atoms with Crippen LogP contribution in [0.4, 0.5) is 11.4 Å². The van der Waals surface area contributed by atoms with Crippen LogP contribution in [0.3, 0.4) is 0 Å². The molecule has 0 aliphatic heterocycles. The van der Waals surface area contributed by atoms with Crippen LogP contribution in [-0.4, -0.2) is 12.5 Å². The molecule has 0 unspecified atom stereocenters. The van der Waals surface area contributed by atoms with Crippen molar-refractivity contribution in [3.63, 3.8) is 0 Å². The third-order valence-electron chi connectivity index (χ3n) is 2.89. The van der Waals surface area contributed by atoms with E-state index in [1.165, 1.54) is 0 Å². The van der Waals surface area contributed by atoms with E-state index in [4.69, 9.17) is 10.5 Å². The number of aryl methyl sites for hydroxylation is 1. The Hall–Kier alpha value is -2.01. The van der Waals surface area contributed by atoms with E-state index >= 15 is 0 Å². The zero-order valence-electron chi connectivity index (χ0n) is 11.7. The van der Waals surface area contributed by atoms with Crippen molar-refractivity contribution >= 4 is 33.2 Å². The fourth-order valence-corrected chi connectivity index (χ4v) is 2.34. The van der Waals surface area contributed by atoms with Gasteiger partial charge in [-0.3, -0.25) is 4.79 Å². The minimum Gasteiger partial charge on any atom is -0.493 e. The van der Waals surface area contributed by atoms with E-state index in [0.717, 1.165) is 15.8 Å². The minimum atomic E-state index is -0.102. The van der Waals surface area contributed by atoms with Crippen LogP contribution in [0.15, 0.2) is 46.9 Å². The highest BCUT2D eigenvalue weighted by atomic mass is 79.9. The molecule has 2 aromatic rings. The van der Waals surface area contributed by atoms with Crippen LogP contribution in [0, 0.1) is 6.92 Å². The predicted octanol–water partition coefficient (Wildman–Crippen LogP) is 3.75. The van der Waals surface area contributed by atoms with E-state index < -0.39 is 0 Å². The van der Waals surface area contributed by atoms with E-state index in [0.29, 0.717) is 18.0 Å². The smallest absolute Gasteiger partial charge is 0.227 e.